The zero-order valence-electron chi connectivity index (χ0n) is 22.3. The van der Waals surface area contributed by atoms with Gasteiger partial charge in [-0.25, -0.2) is 18.7 Å². The number of hydrogen-bond acceptors (Lipinski definition) is 7. The second-order valence-electron chi connectivity index (χ2n) is 10.4. The van der Waals surface area contributed by atoms with E-state index < -0.39 is 54.0 Å². The number of carbonyl (C=O) groups excluding carboxylic acids is 2. The molecule has 3 heterocycles. The standard InChI is InChI=1S/C26H32F5N5O3S/c1-4-5-14-7-6-12(2)36(14)25(39)20-21(40-24(35-20)23(38)34-17-8-9-18(17)37)16-11-32-19(10-15(16)22(27)28)33-13(3)26(29,30)31/h10-14,17-18,22,37H,4-9H2,1-3H3,(H,32,33)(H,34,38)/t12?,13-,14?,17?,18?/m0/s1. The molecule has 1 aliphatic carbocycles. The highest BCUT2D eigenvalue weighted by Gasteiger charge is 2.39. The number of nitrogens with zero attached hydrogens (tertiary/aromatic N) is 3. The van der Waals surface area contributed by atoms with Crippen LogP contribution in [-0.4, -0.2) is 68.2 Å². The SMILES string of the molecule is CCCC1CCC(C)N1C(=O)c1nc(C(=O)NC2CCC2O)sc1-c1cnc(N[C@@H](C)C(F)(F)F)cc1C(F)F. The Labute approximate surface area is 232 Å². The van der Waals surface area contributed by atoms with E-state index in [1.165, 1.54) is 0 Å². The number of alkyl halides is 5. The van der Waals surface area contributed by atoms with Crippen LogP contribution in [0.3, 0.4) is 0 Å². The van der Waals surface area contributed by atoms with E-state index in [0.717, 1.165) is 56.2 Å². The van der Waals surface area contributed by atoms with Crippen molar-refractivity contribution in [2.45, 2.75) is 102 Å². The summed E-state index contributed by atoms with van der Waals surface area (Å²) in [6.07, 6.45) is -3.29. The van der Waals surface area contributed by atoms with Gasteiger partial charge in [0.2, 0.25) is 0 Å². The van der Waals surface area contributed by atoms with Gasteiger partial charge in [0.1, 0.15) is 17.6 Å². The van der Waals surface area contributed by atoms with Crippen LogP contribution < -0.4 is 10.6 Å². The van der Waals surface area contributed by atoms with Crippen LogP contribution in [0.4, 0.5) is 27.8 Å². The molecule has 1 saturated heterocycles. The van der Waals surface area contributed by atoms with Crippen molar-refractivity contribution in [3.63, 3.8) is 0 Å². The van der Waals surface area contributed by atoms with E-state index in [9.17, 15) is 36.6 Å². The lowest BCUT2D eigenvalue weighted by Gasteiger charge is -2.32. The zero-order chi connectivity index (χ0) is 29.4. The van der Waals surface area contributed by atoms with Crippen LogP contribution in [0.2, 0.25) is 0 Å². The third kappa shape index (κ3) is 6.22. The van der Waals surface area contributed by atoms with Gasteiger partial charge < -0.3 is 20.6 Å². The Morgan fingerprint density at radius 1 is 1.23 bits per heavy atom. The van der Waals surface area contributed by atoms with Crippen molar-refractivity contribution >= 4 is 29.0 Å². The summed E-state index contributed by atoms with van der Waals surface area (Å²) in [5.74, 6) is -1.57. The fourth-order valence-electron chi connectivity index (χ4n) is 5.03. The molecule has 0 bridgehead atoms. The molecule has 0 radical (unpaired) electrons. The van der Waals surface area contributed by atoms with Crippen LogP contribution in [0, 0.1) is 0 Å². The summed E-state index contributed by atoms with van der Waals surface area (Å²) in [4.78, 5) is 36.7. The molecule has 4 unspecified atom stereocenters. The predicted molar refractivity (Wildman–Crippen MR) is 139 cm³/mol. The van der Waals surface area contributed by atoms with Gasteiger partial charge in [-0.15, -0.1) is 11.3 Å². The number of nitrogens with one attached hydrogen (secondary N) is 2. The fourth-order valence-corrected chi connectivity index (χ4v) is 6.02. The van der Waals surface area contributed by atoms with Gasteiger partial charge >= 0.3 is 6.18 Å². The van der Waals surface area contributed by atoms with E-state index in [1.54, 1.807) is 4.90 Å². The second kappa shape index (κ2) is 11.9. The number of amides is 2. The van der Waals surface area contributed by atoms with Crippen LogP contribution in [-0.2, 0) is 0 Å². The molecular formula is C26H32F5N5O3S. The summed E-state index contributed by atoms with van der Waals surface area (Å²) in [6.45, 7) is 4.72. The quantitative estimate of drug-likeness (QED) is 0.331. The van der Waals surface area contributed by atoms with Crippen molar-refractivity contribution in [1.29, 1.82) is 0 Å². The van der Waals surface area contributed by atoms with Gasteiger partial charge in [0.25, 0.3) is 18.2 Å². The Kier molecular flexibility index (Phi) is 8.98. The van der Waals surface area contributed by atoms with E-state index in [0.29, 0.717) is 12.8 Å². The number of carbonyl (C=O) groups is 2. The molecule has 2 aromatic rings. The van der Waals surface area contributed by atoms with Crippen molar-refractivity contribution in [3.8, 4) is 10.4 Å². The largest absolute Gasteiger partial charge is 0.408 e. The lowest BCUT2D eigenvalue weighted by Crippen LogP contribution is -2.50. The maximum Gasteiger partial charge on any atom is 0.408 e. The van der Waals surface area contributed by atoms with Gasteiger partial charge in [-0.1, -0.05) is 13.3 Å². The molecule has 1 aliphatic heterocycles. The number of halogens is 5. The number of likely N-dealkylation sites (tertiary alicyclic amines) is 1. The summed E-state index contributed by atoms with van der Waals surface area (Å²) in [5, 5.41) is 14.4. The topological polar surface area (TPSA) is 107 Å². The molecule has 14 heteroatoms. The molecule has 2 fully saturated rings. The molecular weight excluding hydrogens is 557 g/mol. The highest BCUT2D eigenvalue weighted by Crippen LogP contribution is 2.40. The van der Waals surface area contributed by atoms with E-state index >= 15 is 0 Å². The molecule has 220 valence electrons. The van der Waals surface area contributed by atoms with E-state index in [1.807, 2.05) is 13.8 Å². The summed E-state index contributed by atoms with van der Waals surface area (Å²) in [5.41, 5.74) is -1.03. The minimum Gasteiger partial charge on any atom is -0.391 e. The number of aliphatic hydroxyl groups is 1. The first-order valence-electron chi connectivity index (χ1n) is 13.3. The molecule has 2 aromatic heterocycles. The van der Waals surface area contributed by atoms with Gasteiger partial charge in [-0.2, -0.15) is 13.2 Å². The monoisotopic (exact) mass is 589 g/mol. The number of anilines is 1. The van der Waals surface area contributed by atoms with Crippen molar-refractivity contribution < 1.29 is 36.6 Å². The Hall–Kier alpha value is -2.87. The Balaban J connectivity index is 1.77. The summed E-state index contributed by atoms with van der Waals surface area (Å²) >= 11 is 0.731. The number of rotatable bonds is 9. The van der Waals surface area contributed by atoms with Gasteiger partial charge in [-0.05, 0) is 52.0 Å². The molecule has 1 saturated carbocycles. The Bertz CT molecular complexity index is 1240. The first-order valence-corrected chi connectivity index (χ1v) is 14.1. The second-order valence-corrected chi connectivity index (χ2v) is 11.4. The first-order chi connectivity index (χ1) is 18.8. The van der Waals surface area contributed by atoms with Crippen LogP contribution >= 0.6 is 11.3 Å². The number of thiazole rings is 1. The lowest BCUT2D eigenvalue weighted by molar-refractivity contribution is -0.138. The summed E-state index contributed by atoms with van der Waals surface area (Å²) in [7, 11) is 0. The van der Waals surface area contributed by atoms with E-state index in [-0.39, 0.29) is 33.2 Å². The van der Waals surface area contributed by atoms with Crippen molar-refractivity contribution in [3.05, 3.63) is 28.5 Å². The molecule has 40 heavy (non-hydrogen) atoms. The van der Waals surface area contributed by atoms with Crippen LogP contribution in [0.15, 0.2) is 12.3 Å². The molecule has 8 nitrogen and oxygen atoms in total. The minimum atomic E-state index is -4.62. The molecule has 0 aromatic carbocycles. The molecule has 0 spiro atoms. The van der Waals surface area contributed by atoms with Crippen LogP contribution in [0.5, 0.6) is 0 Å². The van der Waals surface area contributed by atoms with Gasteiger partial charge in [0.05, 0.1) is 17.0 Å². The number of aliphatic hydroxyl groups excluding tert-OH is 1. The van der Waals surface area contributed by atoms with E-state index in [4.69, 9.17) is 0 Å². The lowest BCUT2D eigenvalue weighted by atomic mass is 9.89. The Morgan fingerprint density at radius 3 is 2.52 bits per heavy atom. The minimum absolute atomic E-state index is 0.0168. The number of pyridine rings is 1. The zero-order valence-corrected chi connectivity index (χ0v) is 23.1. The maximum atomic E-state index is 14.3. The smallest absolute Gasteiger partial charge is 0.391 e. The Morgan fingerprint density at radius 2 is 1.95 bits per heavy atom. The molecule has 2 amide bonds. The fraction of sp³-hybridized carbons (Fsp3) is 0.615. The first kappa shape index (κ1) is 30.1. The third-order valence-corrected chi connectivity index (χ3v) is 8.58. The highest BCUT2D eigenvalue weighted by molar-refractivity contribution is 7.17. The van der Waals surface area contributed by atoms with E-state index in [2.05, 4.69) is 20.6 Å². The van der Waals surface area contributed by atoms with Crippen LogP contribution in [0.25, 0.3) is 10.4 Å². The van der Waals surface area contributed by atoms with Crippen LogP contribution in [0.1, 0.15) is 91.6 Å². The molecule has 3 N–H and O–H groups in total. The number of aromatic nitrogens is 2. The molecule has 2 aliphatic rings. The molecule has 5 atom stereocenters. The van der Waals surface area contributed by atoms with Crippen molar-refractivity contribution in [2.24, 2.45) is 0 Å². The highest BCUT2D eigenvalue weighted by atomic mass is 32.1. The average molecular weight is 590 g/mol. The van der Waals surface area contributed by atoms with Crippen molar-refractivity contribution in [2.75, 3.05) is 5.32 Å². The molecule has 4 rings (SSSR count). The maximum absolute atomic E-state index is 14.3. The average Bonchev–Trinajstić information content (AvgIpc) is 3.49. The summed E-state index contributed by atoms with van der Waals surface area (Å²) < 4.78 is 67.6. The van der Waals surface area contributed by atoms with Gasteiger partial charge in [0.15, 0.2) is 5.01 Å². The van der Waals surface area contributed by atoms with Gasteiger partial charge in [-0.3, -0.25) is 9.59 Å². The van der Waals surface area contributed by atoms with Gasteiger partial charge in [0, 0.05) is 29.4 Å². The third-order valence-electron chi connectivity index (χ3n) is 7.49. The normalized spacial score (nSPS) is 23.7. The predicted octanol–water partition coefficient (Wildman–Crippen LogP) is 5.55. The number of hydrogen-bond donors (Lipinski definition) is 3. The summed E-state index contributed by atoms with van der Waals surface area (Å²) in [6, 6.07) is -1.91. The van der Waals surface area contributed by atoms with Crippen molar-refractivity contribution in [1.82, 2.24) is 20.2 Å².